The maximum atomic E-state index is 12.3. The molecule has 0 spiro atoms. The van der Waals surface area contributed by atoms with Crippen molar-refractivity contribution in [3.63, 3.8) is 0 Å². The molecular formula is C19H28Cl2N4O. The number of pyridine rings is 1. The van der Waals surface area contributed by atoms with Gasteiger partial charge in [-0.1, -0.05) is 38.1 Å². The van der Waals surface area contributed by atoms with Crippen molar-refractivity contribution in [2.24, 2.45) is 5.73 Å². The minimum absolute atomic E-state index is 0. The van der Waals surface area contributed by atoms with Gasteiger partial charge in [0.2, 0.25) is 0 Å². The normalized spacial score (nSPS) is 10.0. The number of hydrogen-bond acceptors (Lipinski definition) is 4. The van der Waals surface area contributed by atoms with Crippen LogP contribution >= 0.6 is 24.8 Å². The summed E-state index contributed by atoms with van der Waals surface area (Å²) in [7, 11) is 0. The van der Waals surface area contributed by atoms with E-state index in [1.807, 2.05) is 12.1 Å². The highest BCUT2D eigenvalue weighted by Gasteiger charge is 2.09. The van der Waals surface area contributed by atoms with E-state index in [0.29, 0.717) is 24.3 Å². The molecule has 26 heavy (non-hydrogen) atoms. The number of rotatable bonds is 8. The Morgan fingerprint density at radius 3 is 2.38 bits per heavy atom. The molecule has 0 aliphatic heterocycles. The molecule has 0 bridgehead atoms. The van der Waals surface area contributed by atoms with Crippen molar-refractivity contribution in [2.45, 2.75) is 33.5 Å². The lowest BCUT2D eigenvalue weighted by Crippen LogP contribution is -2.26. The lowest BCUT2D eigenvalue weighted by Gasteiger charge is -2.20. The maximum absolute atomic E-state index is 12.3. The Kier molecular flexibility index (Phi) is 11.8. The van der Waals surface area contributed by atoms with Crippen molar-refractivity contribution < 1.29 is 4.79 Å². The molecule has 144 valence electrons. The first kappa shape index (κ1) is 24.3. The molecule has 0 unspecified atom stereocenters. The van der Waals surface area contributed by atoms with Crippen LogP contribution in [0.1, 0.15) is 41.0 Å². The fourth-order valence-corrected chi connectivity index (χ4v) is 2.58. The second kappa shape index (κ2) is 12.7. The van der Waals surface area contributed by atoms with Crippen molar-refractivity contribution in [3.8, 4) is 0 Å². The molecule has 0 saturated heterocycles. The van der Waals surface area contributed by atoms with Crippen LogP contribution in [0.4, 0.5) is 0 Å². The first-order chi connectivity index (χ1) is 11.7. The largest absolute Gasteiger partial charge is 0.348 e. The molecule has 0 aliphatic carbocycles. The summed E-state index contributed by atoms with van der Waals surface area (Å²) in [5.41, 5.74) is 9.27. The van der Waals surface area contributed by atoms with Gasteiger partial charge in [-0.3, -0.25) is 14.7 Å². The second-order valence-electron chi connectivity index (χ2n) is 5.65. The zero-order chi connectivity index (χ0) is 17.4. The van der Waals surface area contributed by atoms with Crippen LogP contribution in [-0.2, 0) is 19.6 Å². The number of nitrogens with two attached hydrogens (primary N) is 1. The molecule has 0 fully saturated rings. The number of nitrogens with one attached hydrogen (secondary N) is 1. The van der Waals surface area contributed by atoms with E-state index in [1.165, 1.54) is 5.56 Å². The number of halogens is 2. The molecule has 2 rings (SSSR count). The Balaban J connectivity index is 0.00000312. The summed E-state index contributed by atoms with van der Waals surface area (Å²) in [5, 5.41) is 2.99. The highest BCUT2D eigenvalue weighted by Crippen LogP contribution is 2.12. The molecule has 2 aromatic rings. The van der Waals surface area contributed by atoms with Gasteiger partial charge in [0.15, 0.2) is 0 Å². The monoisotopic (exact) mass is 398 g/mol. The minimum Gasteiger partial charge on any atom is -0.348 e. The van der Waals surface area contributed by atoms with E-state index in [2.05, 4.69) is 41.2 Å². The third-order valence-electron chi connectivity index (χ3n) is 4.13. The highest BCUT2D eigenvalue weighted by molar-refractivity contribution is 5.94. The molecule has 1 heterocycles. The van der Waals surface area contributed by atoms with Gasteiger partial charge in [-0.15, -0.1) is 24.8 Å². The number of hydrogen-bond donors (Lipinski definition) is 2. The summed E-state index contributed by atoms with van der Waals surface area (Å²) in [4.78, 5) is 18.8. The summed E-state index contributed by atoms with van der Waals surface area (Å²) in [6, 6.07) is 11.7. The molecule has 7 heteroatoms. The fraction of sp³-hybridized carbons (Fsp3) is 0.368. The summed E-state index contributed by atoms with van der Waals surface area (Å²) >= 11 is 0. The minimum atomic E-state index is -0.107. The summed E-state index contributed by atoms with van der Waals surface area (Å²) in [5.74, 6) is -0.107. The van der Waals surface area contributed by atoms with Crippen molar-refractivity contribution >= 4 is 30.7 Å². The molecule has 0 atom stereocenters. The Morgan fingerprint density at radius 2 is 1.77 bits per heavy atom. The van der Waals surface area contributed by atoms with Crippen LogP contribution in [0.3, 0.4) is 0 Å². The highest BCUT2D eigenvalue weighted by atomic mass is 35.5. The third kappa shape index (κ3) is 6.92. The van der Waals surface area contributed by atoms with E-state index in [1.54, 1.807) is 18.3 Å². The zero-order valence-electron chi connectivity index (χ0n) is 15.3. The van der Waals surface area contributed by atoms with Gasteiger partial charge in [0.25, 0.3) is 5.91 Å². The van der Waals surface area contributed by atoms with Gasteiger partial charge in [-0.2, -0.15) is 0 Å². The average Bonchev–Trinajstić information content (AvgIpc) is 2.64. The maximum Gasteiger partial charge on any atom is 0.251 e. The Hall–Kier alpha value is -1.66. The molecule has 3 N–H and O–H groups in total. The van der Waals surface area contributed by atoms with Crippen molar-refractivity contribution in [1.29, 1.82) is 0 Å². The van der Waals surface area contributed by atoms with Gasteiger partial charge in [-0.05, 0) is 36.3 Å². The van der Waals surface area contributed by atoms with Crippen LogP contribution in [0.25, 0.3) is 0 Å². The van der Waals surface area contributed by atoms with Gasteiger partial charge in [-0.25, -0.2) is 0 Å². The van der Waals surface area contributed by atoms with Gasteiger partial charge < -0.3 is 11.1 Å². The predicted octanol–water partition coefficient (Wildman–Crippen LogP) is 3.16. The number of carbonyl (C=O) groups is 1. The fourth-order valence-electron chi connectivity index (χ4n) is 2.58. The quantitative estimate of drug-likeness (QED) is 0.716. The summed E-state index contributed by atoms with van der Waals surface area (Å²) < 4.78 is 0. The average molecular weight is 399 g/mol. The van der Waals surface area contributed by atoms with Crippen LogP contribution in [0.2, 0.25) is 0 Å². The first-order valence-corrected chi connectivity index (χ1v) is 8.40. The van der Waals surface area contributed by atoms with Gasteiger partial charge in [0.05, 0.1) is 5.69 Å². The molecule has 1 amide bonds. The third-order valence-corrected chi connectivity index (χ3v) is 4.13. The number of benzene rings is 1. The zero-order valence-corrected chi connectivity index (χ0v) is 16.9. The van der Waals surface area contributed by atoms with E-state index >= 15 is 0 Å². The van der Waals surface area contributed by atoms with Gasteiger partial charge >= 0.3 is 0 Å². The van der Waals surface area contributed by atoms with Crippen molar-refractivity contribution in [3.05, 3.63) is 65.0 Å². The molecular weight excluding hydrogens is 371 g/mol. The van der Waals surface area contributed by atoms with E-state index < -0.39 is 0 Å². The molecule has 5 nitrogen and oxygen atoms in total. The smallest absolute Gasteiger partial charge is 0.251 e. The lowest BCUT2D eigenvalue weighted by molar-refractivity contribution is 0.0950. The molecule has 1 aromatic carbocycles. The first-order valence-electron chi connectivity index (χ1n) is 8.40. The molecule has 0 saturated carbocycles. The van der Waals surface area contributed by atoms with Crippen LogP contribution < -0.4 is 11.1 Å². The Morgan fingerprint density at radius 1 is 1.12 bits per heavy atom. The second-order valence-corrected chi connectivity index (χ2v) is 5.65. The number of aromatic nitrogens is 1. The Labute approximate surface area is 168 Å². The summed E-state index contributed by atoms with van der Waals surface area (Å²) in [6.07, 6.45) is 1.62. The Bertz CT molecular complexity index is 678. The van der Waals surface area contributed by atoms with Crippen molar-refractivity contribution in [1.82, 2.24) is 15.2 Å². The number of nitrogens with zero attached hydrogens (tertiary/aromatic N) is 2. The molecule has 1 aromatic heterocycles. The standard InChI is InChI=1S/C19H26N4O.2ClH/c1-3-23(4-2)14-17-8-6-5-7-16(17)13-22-19(24)15-9-10-21-18(11-15)12-20;;/h5-11H,3-4,12-14,20H2,1-2H3,(H,22,24);2*1H. The predicted molar refractivity (Wildman–Crippen MR) is 111 cm³/mol. The summed E-state index contributed by atoms with van der Waals surface area (Å²) in [6.45, 7) is 8.07. The van der Waals surface area contributed by atoms with E-state index in [9.17, 15) is 4.79 Å². The van der Waals surface area contributed by atoms with Crippen LogP contribution in [0.15, 0.2) is 42.6 Å². The van der Waals surface area contributed by atoms with Crippen LogP contribution in [0.5, 0.6) is 0 Å². The topological polar surface area (TPSA) is 71.2 Å². The van der Waals surface area contributed by atoms with Gasteiger partial charge in [0, 0.05) is 31.4 Å². The number of carbonyl (C=O) groups excluding carboxylic acids is 1. The SMILES string of the molecule is CCN(CC)Cc1ccccc1CNC(=O)c1ccnc(CN)c1.Cl.Cl. The van der Waals surface area contributed by atoms with E-state index in [4.69, 9.17) is 5.73 Å². The van der Waals surface area contributed by atoms with E-state index in [-0.39, 0.29) is 30.7 Å². The molecule has 0 aliphatic rings. The number of amides is 1. The van der Waals surface area contributed by atoms with Crippen LogP contribution in [0, 0.1) is 0 Å². The van der Waals surface area contributed by atoms with Crippen molar-refractivity contribution in [2.75, 3.05) is 13.1 Å². The lowest BCUT2D eigenvalue weighted by atomic mass is 10.1. The van der Waals surface area contributed by atoms with E-state index in [0.717, 1.165) is 25.2 Å². The molecule has 0 radical (unpaired) electrons. The van der Waals surface area contributed by atoms with Gasteiger partial charge in [0.1, 0.15) is 0 Å². The van der Waals surface area contributed by atoms with Crippen LogP contribution in [-0.4, -0.2) is 28.9 Å².